The summed E-state index contributed by atoms with van der Waals surface area (Å²) in [6.45, 7) is 23.7. The molecule has 0 radical (unpaired) electrons. The summed E-state index contributed by atoms with van der Waals surface area (Å²) in [5.41, 5.74) is 27.7. The Bertz CT molecular complexity index is 3470. The fourth-order valence-corrected chi connectivity index (χ4v) is 12.6. The van der Waals surface area contributed by atoms with Crippen LogP contribution in [0.2, 0.25) is 0 Å². The van der Waals surface area contributed by atoms with Crippen LogP contribution in [0.1, 0.15) is 149 Å². The predicted octanol–water partition coefficient (Wildman–Crippen LogP) is 13.3. The molecule has 298 valence electrons. The van der Waals surface area contributed by atoms with Gasteiger partial charge in [0.1, 0.15) is 0 Å². The van der Waals surface area contributed by atoms with Crippen LogP contribution < -0.4 is 16.4 Å². The number of aromatic nitrogens is 2. The Morgan fingerprint density at radius 2 is 0.934 bits per heavy atom. The molecule has 7 aromatic carbocycles. The Labute approximate surface area is 360 Å². The van der Waals surface area contributed by atoms with E-state index in [1.807, 2.05) is 0 Å². The van der Waals surface area contributed by atoms with Gasteiger partial charge in [0.05, 0.1) is 16.4 Å². The molecule has 9 aromatic rings. The quantitative estimate of drug-likeness (QED) is 0.154. The topological polar surface area (TPSA) is 9.86 Å². The van der Waals surface area contributed by atoms with E-state index >= 15 is 0 Å². The minimum absolute atomic E-state index is 0.0897. The standard InChI is InChI=1S/C58H53BN2/c1-29(2)34-16-19-51-41(21-34)42-23-37(32(7)8)27-49-55(42)60(51)52-20-18-46-57-53(52)59(49)50-28-38(33(9)10)24-44-43-22-36(31(5)6)26-48(54(43)61(57)56(44)50)58(46)45-14-12-11-13-39(45)40-17-15-35(30(3)4)25-47(40)58/h11-33H,1-10H3. The summed E-state index contributed by atoms with van der Waals surface area (Å²) >= 11 is 0. The van der Waals surface area contributed by atoms with E-state index in [9.17, 15) is 0 Å². The van der Waals surface area contributed by atoms with Gasteiger partial charge in [-0.05, 0) is 144 Å². The first-order chi connectivity index (χ1) is 29.4. The molecule has 13 rings (SSSR count). The molecule has 61 heavy (non-hydrogen) atoms. The zero-order valence-corrected chi connectivity index (χ0v) is 37.3. The molecule has 0 saturated heterocycles. The first-order valence-electron chi connectivity index (χ1n) is 23.1. The van der Waals surface area contributed by atoms with Crippen molar-refractivity contribution in [2.75, 3.05) is 0 Å². The second-order valence-electron chi connectivity index (χ2n) is 20.6. The van der Waals surface area contributed by atoms with Gasteiger partial charge in [-0.2, -0.15) is 0 Å². The Balaban J connectivity index is 1.31. The first kappa shape index (κ1) is 35.9. The van der Waals surface area contributed by atoms with Crippen molar-refractivity contribution in [1.82, 2.24) is 9.13 Å². The van der Waals surface area contributed by atoms with Gasteiger partial charge in [-0.15, -0.1) is 0 Å². The van der Waals surface area contributed by atoms with Gasteiger partial charge in [-0.1, -0.05) is 142 Å². The van der Waals surface area contributed by atoms with E-state index in [2.05, 4.69) is 188 Å². The molecule has 3 aliphatic heterocycles. The van der Waals surface area contributed by atoms with Crippen LogP contribution in [0.4, 0.5) is 0 Å². The maximum absolute atomic E-state index is 2.78. The molecule has 0 saturated carbocycles. The normalized spacial score (nSPS) is 16.5. The van der Waals surface area contributed by atoms with Crippen molar-refractivity contribution in [3.8, 4) is 22.5 Å². The van der Waals surface area contributed by atoms with Gasteiger partial charge in [0.25, 0.3) is 6.71 Å². The highest BCUT2D eigenvalue weighted by molar-refractivity contribution is 7.00. The maximum Gasteiger partial charge on any atom is 0.252 e. The van der Waals surface area contributed by atoms with Crippen LogP contribution in [0.3, 0.4) is 0 Å². The van der Waals surface area contributed by atoms with Crippen LogP contribution in [0, 0.1) is 0 Å². The highest BCUT2D eigenvalue weighted by Crippen LogP contribution is 2.62. The molecule has 1 atom stereocenters. The molecule has 1 spiro atoms. The molecule has 1 unspecified atom stereocenters. The van der Waals surface area contributed by atoms with Gasteiger partial charge in [0, 0.05) is 44.0 Å². The molecule has 2 nitrogen and oxygen atoms in total. The molecule has 0 N–H and O–H groups in total. The van der Waals surface area contributed by atoms with Crippen LogP contribution in [0.5, 0.6) is 0 Å². The molecular weight excluding hydrogens is 735 g/mol. The smallest absolute Gasteiger partial charge is 0.252 e. The summed E-state index contributed by atoms with van der Waals surface area (Å²) in [5, 5.41) is 5.58. The van der Waals surface area contributed by atoms with Crippen molar-refractivity contribution in [1.29, 1.82) is 0 Å². The lowest BCUT2D eigenvalue weighted by atomic mass is 9.33. The van der Waals surface area contributed by atoms with Crippen molar-refractivity contribution < 1.29 is 0 Å². The molecule has 0 fully saturated rings. The molecule has 5 heterocycles. The second kappa shape index (κ2) is 11.8. The summed E-state index contributed by atoms with van der Waals surface area (Å²) < 4.78 is 5.45. The van der Waals surface area contributed by atoms with E-state index in [1.165, 1.54) is 133 Å². The summed E-state index contributed by atoms with van der Waals surface area (Å²) in [4.78, 5) is 0. The monoisotopic (exact) mass is 788 g/mol. The van der Waals surface area contributed by atoms with Crippen molar-refractivity contribution in [3.63, 3.8) is 0 Å². The summed E-state index contributed by atoms with van der Waals surface area (Å²) in [5.74, 6) is 2.04. The number of nitrogens with zero attached hydrogens (tertiary/aromatic N) is 2. The van der Waals surface area contributed by atoms with Crippen LogP contribution in [-0.4, -0.2) is 15.8 Å². The van der Waals surface area contributed by atoms with Crippen molar-refractivity contribution in [2.24, 2.45) is 0 Å². The van der Waals surface area contributed by atoms with Gasteiger partial charge in [-0.3, -0.25) is 0 Å². The lowest BCUT2D eigenvalue weighted by Crippen LogP contribution is -2.60. The van der Waals surface area contributed by atoms with Crippen LogP contribution >= 0.6 is 0 Å². The predicted molar refractivity (Wildman–Crippen MR) is 261 cm³/mol. The first-order valence-corrected chi connectivity index (χ1v) is 23.1. The molecule has 0 amide bonds. The third-order valence-electron chi connectivity index (χ3n) is 15.7. The second-order valence-corrected chi connectivity index (χ2v) is 20.6. The minimum atomic E-state index is -0.488. The lowest BCUT2D eigenvalue weighted by Gasteiger charge is -2.44. The molecular formula is C58H53BN2. The largest absolute Gasteiger partial charge is 0.310 e. The maximum atomic E-state index is 2.78. The highest BCUT2D eigenvalue weighted by Gasteiger charge is 2.54. The van der Waals surface area contributed by atoms with E-state index in [1.54, 1.807) is 0 Å². The Morgan fingerprint density at radius 3 is 1.61 bits per heavy atom. The average Bonchev–Trinajstić information content (AvgIpc) is 3.87. The fraction of sp³-hybridized carbons (Fsp3) is 0.276. The fourth-order valence-electron chi connectivity index (χ4n) is 12.6. The summed E-state index contributed by atoms with van der Waals surface area (Å²) in [6.07, 6.45) is 0. The number of rotatable bonds is 5. The lowest BCUT2D eigenvalue weighted by molar-refractivity contribution is 0.739. The van der Waals surface area contributed by atoms with Crippen molar-refractivity contribution in [2.45, 2.75) is 104 Å². The SMILES string of the molecule is CC(C)c1ccc2c(c1)C1(c3ccccc3-2)c2ccc3c4c2-n2c5c(cc(C(C)C)cc5c5cc(C(C)C)cc1c52)B4c1cc(C(C)C)cc2c4cc(C(C)C)ccc4n-3c12. The number of hydrogen-bond donors (Lipinski definition) is 0. The van der Waals surface area contributed by atoms with E-state index in [0.717, 1.165) is 0 Å². The Hall–Kier alpha value is -5.80. The Morgan fingerprint density at radius 1 is 0.410 bits per heavy atom. The van der Waals surface area contributed by atoms with E-state index in [-0.39, 0.29) is 6.71 Å². The zero-order valence-electron chi connectivity index (χ0n) is 37.3. The van der Waals surface area contributed by atoms with Crippen LogP contribution in [0.25, 0.3) is 66.1 Å². The minimum Gasteiger partial charge on any atom is -0.310 e. The highest BCUT2D eigenvalue weighted by atomic mass is 15.1. The van der Waals surface area contributed by atoms with Gasteiger partial charge >= 0.3 is 0 Å². The molecule has 4 aliphatic rings. The van der Waals surface area contributed by atoms with E-state index in [4.69, 9.17) is 0 Å². The van der Waals surface area contributed by atoms with Gasteiger partial charge in [0.15, 0.2) is 0 Å². The van der Waals surface area contributed by atoms with Gasteiger partial charge in [-0.25, -0.2) is 0 Å². The molecule has 0 bridgehead atoms. The molecule has 3 heteroatoms. The molecule has 1 aliphatic carbocycles. The third-order valence-corrected chi connectivity index (χ3v) is 15.7. The van der Waals surface area contributed by atoms with E-state index < -0.39 is 5.41 Å². The van der Waals surface area contributed by atoms with Crippen molar-refractivity contribution >= 4 is 66.7 Å². The Kier molecular flexibility index (Phi) is 6.93. The van der Waals surface area contributed by atoms with Gasteiger partial charge < -0.3 is 9.13 Å². The zero-order chi connectivity index (χ0) is 41.7. The van der Waals surface area contributed by atoms with E-state index in [0.29, 0.717) is 29.6 Å². The van der Waals surface area contributed by atoms with Crippen LogP contribution in [0.15, 0.2) is 109 Å². The number of benzene rings is 7. The number of hydrogen-bond acceptors (Lipinski definition) is 0. The summed E-state index contributed by atoms with van der Waals surface area (Å²) in [7, 11) is 0. The van der Waals surface area contributed by atoms with Gasteiger partial charge in [0.2, 0.25) is 0 Å². The van der Waals surface area contributed by atoms with Crippen molar-refractivity contribution in [3.05, 3.63) is 159 Å². The average molecular weight is 789 g/mol. The number of fused-ring (bicyclic) bond motifs is 14. The third kappa shape index (κ3) is 4.17. The summed E-state index contributed by atoms with van der Waals surface area (Å²) in [6, 6.07) is 44.8. The van der Waals surface area contributed by atoms with Crippen LogP contribution in [-0.2, 0) is 5.41 Å². The molecule has 2 aromatic heterocycles.